The molecule has 3 rings (SSSR count). The van der Waals surface area contributed by atoms with Crippen molar-refractivity contribution >= 4 is 5.91 Å². The molecule has 0 bridgehead atoms. The standard InChI is InChI=1S/C15H15N5O2/c1-11-3-8-14(22-11)9-19(2)15(21)12-4-6-13(7-5-12)20-10-16-17-18-20/h3-8,10H,9H2,1-2H3. The zero-order chi connectivity index (χ0) is 15.5. The lowest BCUT2D eigenvalue weighted by Gasteiger charge is -2.16. The number of aryl methyl sites for hydroxylation is 1. The van der Waals surface area contributed by atoms with Crippen molar-refractivity contribution in [3.63, 3.8) is 0 Å². The second kappa shape index (κ2) is 5.80. The summed E-state index contributed by atoms with van der Waals surface area (Å²) in [5, 5.41) is 11.0. The zero-order valence-corrected chi connectivity index (χ0v) is 12.3. The van der Waals surface area contributed by atoms with E-state index in [2.05, 4.69) is 15.5 Å². The Kier molecular flexibility index (Phi) is 3.69. The Morgan fingerprint density at radius 3 is 2.59 bits per heavy atom. The first kappa shape index (κ1) is 14.0. The third-order valence-electron chi connectivity index (χ3n) is 3.26. The summed E-state index contributed by atoms with van der Waals surface area (Å²) >= 11 is 0. The van der Waals surface area contributed by atoms with Gasteiger partial charge in [0.15, 0.2) is 0 Å². The summed E-state index contributed by atoms with van der Waals surface area (Å²) in [6, 6.07) is 10.9. The van der Waals surface area contributed by atoms with Crippen molar-refractivity contribution in [2.75, 3.05) is 7.05 Å². The molecule has 0 N–H and O–H groups in total. The summed E-state index contributed by atoms with van der Waals surface area (Å²) in [6.45, 7) is 2.31. The van der Waals surface area contributed by atoms with Gasteiger partial charge in [0.05, 0.1) is 12.2 Å². The molecule has 0 unspecified atom stereocenters. The van der Waals surface area contributed by atoms with Crippen molar-refractivity contribution in [3.8, 4) is 5.69 Å². The molecule has 0 aliphatic rings. The number of tetrazole rings is 1. The van der Waals surface area contributed by atoms with E-state index in [9.17, 15) is 4.79 Å². The van der Waals surface area contributed by atoms with Crippen LogP contribution >= 0.6 is 0 Å². The molecule has 0 radical (unpaired) electrons. The SMILES string of the molecule is Cc1ccc(CN(C)C(=O)c2ccc(-n3cnnn3)cc2)o1. The quantitative estimate of drug-likeness (QED) is 0.734. The second-order valence-electron chi connectivity index (χ2n) is 4.97. The molecule has 7 nitrogen and oxygen atoms in total. The Morgan fingerprint density at radius 1 is 1.23 bits per heavy atom. The van der Waals surface area contributed by atoms with Gasteiger partial charge in [0.25, 0.3) is 5.91 Å². The molecule has 1 amide bonds. The maximum atomic E-state index is 12.4. The highest BCUT2D eigenvalue weighted by atomic mass is 16.3. The Labute approximate surface area is 127 Å². The second-order valence-corrected chi connectivity index (χ2v) is 4.97. The van der Waals surface area contributed by atoms with Gasteiger partial charge in [-0.15, -0.1) is 5.10 Å². The van der Waals surface area contributed by atoms with E-state index >= 15 is 0 Å². The summed E-state index contributed by atoms with van der Waals surface area (Å²) in [5.74, 6) is 1.53. The van der Waals surface area contributed by atoms with Crippen molar-refractivity contribution < 1.29 is 9.21 Å². The lowest BCUT2D eigenvalue weighted by atomic mass is 10.2. The molecule has 1 aromatic carbocycles. The minimum absolute atomic E-state index is 0.0719. The number of carbonyl (C=O) groups excluding carboxylic acids is 1. The fourth-order valence-corrected chi connectivity index (χ4v) is 2.13. The van der Waals surface area contributed by atoms with E-state index in [-0.39, 0.29) is 5.91 Å². The van der Waals surface area contributed by atoms with Crippen LogP contribution in [0, 0.1) is 6.92 Å². The molecule has 2 aromatic heterocycles. The minimum atomic E-state index is -0.0719. The summed E-state index contributed by atoms with van der Waals surface area (Å²) in [6.07, 6.45) is 1.50. The molecule has 0 saturated carbocycles. The number of amides is 1. The molecule has 112 valence electrons. The zero-order valence-electron chi connectivity index (χ0n) is 12.3. The molecule has 0 atom stereocenters. The lowest BCUT2D eigenvalue weighted by Crippen LogP contribution is -2.25. The van der Waals surface area contributed by atoms with Gasteiger partial charge in [0.2, 0.25) is 0 Å². The molecule has 0 aliphatic heterocycles. The van der Waals surface area contributed by atoms with E-state index in [1.807, 2.05) is 19.1 Å². The smallest absolute Gasteiger partial charge is 0.254 e. The number of hydrogen-bond donors (Lipinski definition) is 0. The number of nitrogens with zero attached hydrogens (tertiary/aromatic N) is 5. The van der Waals surface area contributed by atoms with Gasteiger partial charge in [-0.2, -0.15) is 0 Å². The summed E-state index contributed by atoms with van der Waals surface area (Å²) in [5.41, 5.74) is 1.40. The largest absolute Gasteiger partial charge is 0.464 e. The monoisotopic (exact) mass is 297 g/mol. The van der Waals surface area contributed by atoms with Gasteiger partial charge in [-0.3, -0.25) is 4.79 Å². The molecule has 0 fully saturated rings. The van der Waals surface area contributed by atoms with Gasteiger partial charge < -0.3 is 9.32 Å². The van der Waals surface area contributed by atoms with Crippen LogP contribution in [-0.4, -0.2) is 38.1 Å². The number of hydrogen-bond acceptors (Lipinski definition) is 5. The molecular weight excluding hydrogens is 282 g/mol. The molecule has 3 aromatic rings. The van der Waals surface area contributed by atoms with Crippen molar-refractivity contribution in [3.05, 3.63) is 59.8 Å². The van der Waals surface area contributed by atoms with Crippen molar-refractivity contribution in [2.24, 2.45) is 0 Å². The van der Waals surface area contributed by atoms with Crippen LogP contribution in [-0.2, 0) is 6.54 Å². The van der Waals surface area contributed by atoms with Crippen LogP contribution in [0.5, 0.6) is 0 Å². The maximum Gasteiger partial charge on any atom is 0.254 e. The Morgan fingerprint density at radius 2 is 2.00 bits per heavy atom. The van der Waals surface area contributed by atoms with Crippen molar-refractivity contribution in [2.45, 2.75) is 13.5 Å². The molecule has 0 saturated heterocycles. The van der Waals surface area contributed by atoms with Crippen molar-refractivity contribution in [1.29, 1.82) is 0 Å². The van der Waals surface area contributed by atoms with Gasteiger partial charge in [0, 0.05) is 12.6 Å². The third-order valence-corrected chi connectivity index (χ3v) is 3.26. The topological polar surface area (TPSA) is 77.1 Å². The fraction of sp³-hybridized carbons (Fsp3) is 0.200. The van der Waals surface area contributed by atoms with Gasteiger partial charge in [-0.05, 0) is 53.7 Å². The Hall–Kier alpha value is -2.96. The van der Waals surface area contributed by atoms with E-state index in [1.165, 1.54) is 11.0 Å². The highest BCUT2D eigenvalue weighted by Gasteiger charge is 2.13. The van der Waals surface area contributed by atoms with Crippen LogP contribution in [0.2, 0.25) is 0 Å². The Balaban J connectivity index is 1.71. The minimum Gasteiger partial charge on any atom is -0.464 e. The van der Waals surface area contributed by atoms with Crippen LogP contribution in [0.15, 0.2) is 47.1 Å². The van der Waals surface area contributed by atoms with Gasteiger partial charge in [0.1, 0.15) is 17.8 Å². The molecule has 0 spiro atoms. The number of rotatable bonds is 4. The number of benzene rings is 1. The van der Waals surface area contributed by atoms with E-state index in [0.29, 0.717) is 12.1 Å². The predicted octanol–water partition coefficient (Wildman–Crippen LogP) is 1.84. The maximum absolute atomic E-state index is 12.4. The van der Waals surface area contributed by atoms with Crippen molar-refractivity contribution in [1.82, 2.24) is 25.1 Å². The molecule has 0 aliphatic carbocycles. The van der Waals surface area contributed by atoms with Crippen LogP contribution in [0.25, 0.3) is 5.69 Å². The Bertz CT molecular complexity index is 762. The average molecular weight is 297 g/mol. The molecule has 7 heteroatoms. The van der Waals surface area contributed by atoms with Crippen LogP contribution in [0.4, 0.5) is 0 Å². The number of furan rings is 1. The highest BCUT2D eigenvalue weighted by Crippen LogP contribution is 2.13. The number of carbonyl (C=O) groups is 1. The van der Waals surface area contributed by atoms with Gasteiger partial charge in [-0.1, -0.05) is 0 Å². The van der Waals surface area contributed by atoms with Gasteiger partial charge >= 0.3 is 0 Å². The first-order chi connectivity index (χ1) is 10.6. The fourth-order valence-electron chi connectivity index (χ4n) is 2.13. The molecular formula is C15H15N5O2. The first-order valence-electron chi connectivity index (χ1n) is 6.78. The molecule has 2 heterocycles. The lowest BCUT2D eigenvalue weighted by molar-refractivity contribution is 0.0775. The third kappa shape index (κ3) is 2.88. The molecule has 22 heavy (non-hydrogen) atoms. The van der Waals surface area contributed by atoms with Gasteiger partial charge in [-0.25, -0.2) is 4.68 Å². The highest BCUT2D eigenvalue weighted by molar-refractivity contribution is 5.94. The van der Waals surface area contributed by atoms with E-state index < -0.39 is 0 Å². The predicted molar refractivity (Wildman–Crippen MR) is 78.4 cm³/mol. The first-order valence-corrected chi connectivity index (χ1v) is 6.78. The van der Waals surface area contributed by atoms with Crippen LogP contribution < -0.4 is 0 Å². The normalized spacial score (nSPS) is 10.6. The van der Waals surface area contributed by atoms with Crippen LogP contribution in [0.1, 0.15) is 21.9 Å². The number of aromatic nitrogens is 4. The van der Waals surface area contributed by atoms with Crippen LogP contribution in [0.3, 0.4) is 0 Å². The summed E-state index contributed by atoms with van der Waals surface area (Å²) < 4.78 is 7.02. The van der Waals surface area contributed by atoms with E-state index in [1.54, 1.807) is 36.2 Å². The average Bonchev–Trinajstić information content (AvgIpc) is 3.18. The summed E-state index contributed by atoms with van der Waals surface area (Å²) in [4.78, 5) is 14.0. The van der Waals surface area contributed by atoms with E-state index in [4.69, 9.17) is 4.42 Å². The van der Waals surface area contributed by atoms with E-state index in [0.717, 1.165) is 17.2 Å². The summed E-state index contributed by atoms with van der Waals surface area (Å²) in [7, 11) is 1.75.